The minimum Gasteiger partial charge on any atom is -1.00 e. The molecule has 0 atom stereocenters. The number of nitrogens with one attached hydrogen (secondary N) is 2. The first kappa shape index (κ1) is 36.9. The van der Waals surface area contributed by atoms with Gasteiger partial charge in [0.2, 0.25) is 5.91 Å². The van der Waals surface area contributed by atoms with Gasteiger partial charge in [-0.25, -0.2) is 0 Å². The molecule has 0 radical (unpaired) electrons. The van der Waals surface area contributed by atoms with Crippen LogP contribution in [0, 0.1) is 0 Å². The van der Waals surface area contributed by atoms with Crippen molar-refractivity contribution < 1.29 is 35.8 Å². The number of carbonyl (C=O) groups excluding carboxylic acids is 1. The predicted molar refractivity (Wildman–Crippen MR) is 144 cm³/mol. The molecule has 4 N–H and O–H groups in total. The van der Waals surface area contributed by atoms with Crippen LogP contribution in [0.15, 0.2) is 0 Å². The summed E-state index contributed by atoms with van der Waals surface area (Å²) in [5, 5.41) is 8.70. The van der Waals surface area contributed by atoms with Crippen LogP contribution in [0.3, 0.4) is 0 Å². The molecule has 0 aromatic carbocycles. The number of quaternary nitrogens is 1. The third kappa shape index (κ3) is 23.9. The molecule has 9 heteroatoms. The lowest BCUT2D eigenvalue weighted by molar-refractivity contribution is -0.653. The molecular formula is C26H58ClN3O4Si. The van der Waals surface area contributed by atoms with Crippen LogP contribution in [0.4, 0.5) is 0 Å². The maximum Gasteiger partial charge on any atom is 0.500 e. The lowest BCUT2D eigenvalue weighted by atomic mass is 10.0. The summed E-state index contributed by atoms with van der Waals surface area (Å²) in [4.78, 5) is 11.9. The Morgan fingerprint density at radius 1 is 0.686 bits per heavy atom. The van der Waals surface area contributed by atoms with Crippen LogP contribution in [0.1, 0.15) is 103 Å². The van der Waals surface area contributed by atoms with Gasteiger partial charge >= 0.3 is 8.80 Å². The summed E-state index contributed by atoms with van der Waals surface area (Å²) in [5.41, 5.74) is 0. The van der Waals surface area contributed by atoms with Crippen molar-refractivity contribution >= 4 is 14.7 Å². The molecule has 0 spiro atoms. The second-order valence-electron chi connectivity index (χ2n) is 9.36. The van der Waals surface area contributed by atoms with Gasteiger partial charge in [0.1, 0.15) is 0 Å². The van der Waals surface area contributed by atoms with Crippen LogP contribution in [0.25, 0.3) is 0 Å². The SMILES string of the molecule is CCCCCCCCCCCCCCCC(=O)NCCNCC[NH2+]CCC[Si](OC)(OC)OC.[Cl-]. The molecule has 0 fully saturated rings. The van der Waals surface area contributed by atoms with Gasteiger partial charge in [-0.2, -0.15) is 0 Å². The summed E-state index contributed by atoms with van der Waals surface area (Å²) in [6.45, 7) is 6.80. The lowest BCUT2D eigenvalue weighted by Crippen LogP contribution is -3.00. The van der Waals surface area contributed by atoms with Crippen molar-refractivity contribution in [2.75, 3.05) is 54.1 Å². The molecule has 35 heavy (non-hydrogen) atoms. The maximum atomic E-state index is 11.9. The summed E-state index contributed by atoms with van der Waals surface area (Å²) in [6, 6.07) is 0.839. The van der Waals surface area contributed by atoms with E-state index in [9.17, 15) is 4.79 Å². The highest BCUT2D eigenvalue weighted by atomic mass is 35.5. The Morgan fingerprint density at radius 3 is 1.71 bits per heavy atom. The number of unbranched alkanes of at least 4 members (excludes halogenated alkanes) is 12. The van der Waals surface area contributed by atoms with Crippen LogP contribution in [0.2, 0.25) is 6.04 Å². The van der Waals surface area contributed by atoms with Crippen molar-refractivity contribution in [2.45, 2.75) is 109 Å². The molecule has 0 bridgehead atoms. The van der Waals surface area contributed by atoms with E-state index in [2.05, 4.69) is 22.9 Å². The number of rotatable bonds is 27. The summed E-state index contributed by atoms with van der Waals surface area (Å²) >= 11 is 0. The molecule has 0 heterocycles. The molecule has 7 nitrogen and oxygen atoms in total. The highest BCUT2D eigenvalue weighted by Gasteiger charge is 2.37. The smallest absolute Gasteiger partial charge is 0.500 e. The topological polar surface area (TPSA) is 85.4 Å². The predicted octanol–water partition coefficient (Wildman–Crippen LogP) is 1.01. The zero-order valence-corrected chi connectivity index (χ0v) is 25.2. The molecule has 0 aromatic rings. The molecule has 212 valence electrons. The molecular weight excluding hydrogens is 482 g/mol. The molecule has 0 saturated carbocycles. The minimum absolute atomic E-state index is 0. The number of nitrogens with two attached hydrogens (primary N) is 1. The molecule has 0 aliphatic heterocycles. The fourth-order valence-corrected chi connectivity index (χ4v) is 5.92. The van der Waals surface area contributed by atoms with Crippen LogP contribution in [0.5, 0.6) is 0 Å². The standard InChI is InChI=1S/C26H57N3O4Si.ClH/c1-5-6-7-8-9-10-11-12-13-14-15-16-17-19-26(30)29-24-23-28-22-21-27-20-18-25-34(31-2,32-3)33-4;/h27-28H,5-25H2,1-4H3,(H,29,30);1H. The number of hydrogen-bond donors (Lipinski definition) is 3. The Kier molecular flexibility index (Phi) is 29.9. The average Bonchev–Trinajstić information content (AvgIpc) is 2.86. The van der Waals surface area contributed by atoms with E-state index in [1.54, 1.807) is 21.3 Å². The van der Waals surface area contributed by atoms with Gasteiger partial charge in [-0.05, 0) is 6.42 Å². The fourth-order valence-electron chi connectivity index (χ4n) is 4.17. The van der Waals surface area contributed by atoms with Gasteiger partial charge in [0.15, 0.2) is 0 Å². The maximum absolute atomic E-state index is 11.9. The largest absolute Gasteiger partial charge is 1.00 e. The van der Waals surface area contributed by atoms with Gasteiger partial charge in [-0.15, -0.1) is 0 Å². The zero-order valence-electron chi connectivity index (χ0n) is 23.4. The van der Waals surface area contributed by atoms with E-state index in [0.29, 0.717) is 13.0 Å². The zero-order chi connectivity index (χ0) is 25.2. The van der Waals surface area contributed by atoms with E-state index in [4.69, 9.17) is 13.3 Å². The monoisotopic (exact) mass is 539 g/mol. The molecule has 1 amide bonds. The van der Waals surface area contributed by atoms with E-state index in [0.717, 1.165) is 45.1 Å². The van der Waals surface area contributed by atoms with Crippen molar-refractivity contribution in [3.05, 3.63) is 0 Å². The van der Waals surface area contributed by atoms with Gasteiger partial charge in [0, 0.05) is 59.8 Å². The third-order valence-electron chi connectivity index (χ3n) is 6.48. The Labute approximate surface area is 224 Å². The second-order valence-corrected chi connectivity index (χ2v) is 12.4. The van der Waals surface area contributed by atoms with E-state index in [-0.39, 0.29) is 18.3 Å². The highest BCUT2D eigenvalue weighted by Crippen LogP contribution is 2.14. The van der Waals surface area contributed by atoms with Crippen LogP contribution in [-0.2, 0) is 18.1 Å². The highest BCUT2D eigenvalue weighted by molar-refractivity contribution is 6.60. The fraction of sp³-hybridized carbons (Fsp3) is 0.962. The van der Waals surface area contributed by atoms with Crippen molar-refractivity contribution in [1.82, 2.24) is 10.6 Å². The summed E-state index contributed by atoms with van der Waals surface area (Å²) in [5.74, 6) is 0.193. The third-order valence-corrected chi connectivity index (χ3v) is 9.31. The molecule has 0 unspecified atom stereocenters. The van der Waals surface area contributed by atoms with Gasteiger partial charge in [-0.3, -0.25) is 4.79 Å². The van der Waals surface area contributed by atoms with E-state index in [1.807, 2.05) is 0 Å². The van der Waals surface area contributed by atoms with Crippen LogP contribution >= 0.6 is 0 Å². The number of hydrogen-bond acceptors (Lipinski definition) is 5. The van der Waals surface area contributed by atoms with Gasteiger partial charge in [0.25, 0.3) is 0 Å². The Bertz CT molecular complexity index is 439. The van der Waals surface area contributed by atoms with Crippen molar-refractivity contribution in [3.8, 4) is 0 Å². The number of halogens is 1. The van der Waals surface area contributed by atoms with Crippen LogP contribution in [-0.4, -0.2) is 68.8 Å². The van der Waals surface area contributed by atoms with Gasteiger partial charge in [-0.1, -0.05) is 84.0 Å². The van der Waals surface area contributed by atoms with E-state index >= 15 is 0 Å². The normalized spacial score (nSPS) is 11.4. The molecule has 0 aliphatic carbocycles. The Morgan fingerprint density at radius 2 is 1.20 bits per heavy atom. The van der Waals surface area contributed by atoms with Crippen molar-refractivity contribution in [3.63, 3.8) is 0 Å². The van der Waals surface area contributed by atoms with Crippen LogP contribution < -0.4 is 28.4 Å². The van der Waals surface area contributed by atoms with Gasteiger partial charge < -0.3 is 41.6 Å². The summed E-state index contributed by atoms with van der Waals surface area (Å²) < 4.78 is 16.3. The Hall–Kier alpha value is -0.223. The lowest BCUT2D eigenvalue weighted by Gasteiger charge is -2.23. The second kappa shape index (κ2) is 28.3. The summed E-state index contributed by atoms with van der Waals surface area (Å²) in [6.07, 6.45) is 19.0. The number of carbonyl (C=O) groups is 1. The molecule has 0 aliphatic rings. The first-order valence-electron chi connectivity index (χ1n) is 14.1. The number of amides is 1. The van der Waals surface area contributed by atoms with E-state index < -0.39 is 8.80 Å². The van der Waals surface area contributed by atoms with Crippen molar-refractivity contribution in [1.29, 1.82) is 0 Å². The molecule has 0 rings (SSSR count). The quantitative estimate of drug-likeness (QED) is 0.107. The minimum atomic E-state index is -2.42. The van der Waals surface area contributed by atoms with E-state index in [1.165, 1.54) is 77.0 Å². The first-order chi connectivity index (χ1) is 16.6. The van der Waals surface area contributed by atoms with Crippen molar-refractivity contribution in [2.24, 2.45) is 0 Å². The summed E-state index contributed by atoms with van der Waals surface area (Å²) in [7, 11) is 2.56. The molecule has 0 saturated heterocycles. The molecule has 0 aromatic heterocycles. The Balaban J connectivity index is 0. The average molecular weight is 540 g/mol. The van der Waals surface area contributed by atoms with Gasteiger partial charge in [0.05, 0.1) is 13.1 Å². The first-order valence-corrected chi connectivity index (χ1v) is 16.0.